The predicted molar refractivity (Wildman–Crippen MR) is 110 cm³/mol. The van der Waals surface area contributed by atoms with E-state index in [1.165, 1.54) is 11.1 Å². The highest BCUT2D eigenvalue weighted by Crippen LogP contribution is 2.38. The van der Waals surface area contributed by atoms with Crippen LogP contribution >= 0.6 is 0 Å². The van der Waals surface area contributed by atoms with Crippen molar-refractivity contribution in [3.63, 3.8) is 0 Å². The van der Waals surface area contributed by atoms with Crippen LogP contribution in [0.25, 0.3) is 0 Å². The van der Waals surface area contributed by atoms with Crippen LogP contribution in [-0.2, 0) is 16.1 Å². The number of piperidine rings is 1. The second-order valence-corrected chi connectivity index (χ2v) is 8.83. The van der Waals surface area contributed by atoms with Crippen LogP contribution in [0.2, 0.25) is 0 Å². The minimum absolute atomic E-state index is 0.0755. The van der Waals surface area contributed by atoms with Crippen molar-refractivity contribution in [1.29, 1.82) is 0 Å². The summed E-state index contributed by atoms with van der Waals surface area (Å²) < 4.78 is 6.29. The van der Waals surface area contributed by atoms with E-state index in [0.717, 1.165) is 64.9 Å². The van der Waals surface area contributed by atoms with Gasteiger partial charge in [0.05, 0.1) is 5.60 Å². The van der Waals surface area contributed by atoms with Crippen LogP contribution in [0.5, 0.6) is 0 Å². The summed E-state index contributed by atoms with van der Waals surface area (Å²) >= 11 is 0. The Labute approximate surface area is 164 Å². The molecule has 1 unspecified atom stereocenters. The van der Waals surface area contributed by atoms with Crippen molar-refractivity contribution < 1.29 is 9.53 Å². The molecule has 1 spiro atoms. The van der Waals surface area contributed by atoms with Crippen LogP contribution in [0.15, 0.2) is 24.3 Å². The van der Waals surface area contributed by atoms with Gasteiger partial charge in [-0.25, -0.2) is 0 Å². The zero-order chi connectivity index (χ0) is 19.3. The molecule has 0 saturated carbocycles. The molecular weight excluding hydrogens is 336 g/mol. The van der Waals surface area contributed by atoms with Crippen molar-refractivity contribution in [2.45, 2.75) is 70.9 Å². The normalized spacial score (nSPS) is 22.9. The van der Waals surface area contributed by atoms with E-state index in [0.29, 0.717) is 11.8 Å². The Hall–Kier alpha value is -1.39. The summed E-state index contributed by atoms with van der Waals surface area (Å²) in [5.74, 6) is 1.35. The lowest BCUT2D eigenvalue weighted by Gasteiger charge is -2.46. The van der Waals surface area contributed by atoms with E-state index in [1.54, 1.807) is 6.92 Å². The number of carbonyl (C=O) groups excluding carboxylic acids is 1. The number of nitrogens with zero attached hydrogens (tertiary/aromatic N) is 1. The molecule has 4 nitrogen and oxygen atoms in total. The van der Waals surface area contributed by atoms with E-state index < -0.39 is 0 Å². The van der Waals surface area contributed by atoms with Crippen molar-refractivity contribution in [3.05, 3.63) is 35.4 Å². The van der Waals surface area contributed by atoms with Crippen molar-refractivity contribution in [1.82, 2.24) is 10.2 Å². The zero-order valence-corrected chi connectivity index (χ0v) is 17.3. The molecule has 2 aliphatic rings. The van der Waals surface area contributed by atoms with Gasteiger partial charge in [0.1, 0.15) is 0 Å². The fraction of sp³-hybridized carbons (Fsp3) is 0.696. The van der Waals surface area contributed by atoms with E-state index >= 15 is 0 Å². The van der Waals surface area contributed by atoms with E-state index in [9.17, 15) is 4.79 Å². The molecule has 150 valence electrons. The Morgan fingerprint density at radius 1 is 1.26 bits per heavy atom. The molecule has 1 amide bonds. The highest BCUT2D eigenvalue weighted by atomic mass is 16.5. The van der Waals surface area contributed by atoms with Gasteiger partial charge in [0, 0.05) is 39.7 Å². The van der Waals surface area contributed by atoms with Gasteiger partial charge in [-0.05, 0) is 55.1 Å². The summed E-state index contributed by atoms with van der Waals surface area (Å²) in [6.07, 6.45) is 5.63. The number of rotatable bonds is 6. The lowest BCUT2D eigenvalue weighted by atomic mass is 9.78. The SMILES string of the molecule is CC(=O)NCCC1CCOC2(CCN(Cc3ccc(C(C)C)cc3)CC2)C1. The minimum Gasteiger partial charge on any atom is -0.375 e. The molecule has 27 heavy (non-hydrogen) atoms. The summed E-state index contributed by atoms with van der Waals surface area (Å²) in [5.41, 5.74) is 2.90. The standard InChI is InChI=1S/C23H36N2O2/c1-18(2)22-6-4-21(5-7-22)17-25-13-10-23(11-14-25)16-20(9-15-27-23)8-12-24-19(3)26/h4-7,18,20H,8-17H2,1-3H3,(H,24,26). The number of likely N-dealkylation sites (tertiary alicyclic amines) is 1. The largest absolute Gasteiger partial charge is 0.375 e. The Morgan fingerprint density at radius 3 is 2.59 bits per heavy atom. The van der Waals surface area contributed by atoms with Gasteiger partial charge in [-0.3, -0.25) is 9.69 Å². The molecule has 0 aliphatic carbocycles. The first kappa shape index (κ1) is 20.3. The molecule has 3 rings (SSSR count). The molecule has 2 aliphatic heterocycles. The topological polar surface area (TPSA) is 41.6 Å². The summed E-state index contributed by atoms with van der Waals surface area (Å²) in [4.78, 5) is 13.6. The molecule has 1 aromatic carbocycles. The van der Waals surface area contributed by atoms with Gasteiger partial charge in [-0.2, -0.15) is 0 Å². The van der Waals surface area contributed by atoms with E-state index in [-0.39, 0.29) is 11.5 Å². The molecule has 2 saturated heterocycles. The number of hydrogen-bond acceptors (Lipinski definition) is 3. The number of amides is 1. The first-order valence-electron chi connectivity index (χ1n) is 10.7. The van der Waals surface area contributed by atoms with Crippen LogP contribution in [0.3, 0.4) is 0 Å². The van der Waals surface area contributed by atoms with E-state index in [2.05, 4.69) is 48.3 Å². The average molecular weight is 373 g/mol. The molecule has 0 bridgehead atoms. The van der Waals surface area contributed by atoms with Crippen molar-refractivity contribution in [3.8, 4) is 0 Å². The summed E-state index contributed by atoms with van der Waals surface area (Å²) in [6.45, 7) is 11.0. The molecule has 0 radical (unpaired) electrons. The van der Waals surface area contributed by atoms with Crippen LogP contribution < -0.4 is 5.32 Å². The number of carbonyl (C=O) groups is 1. The highest BCUT2D eigenvalue weighted by Gasteiger charge is 2.39. The van der Waals surface area contributed by atoms with Crippen LogP contribution in [0.4, 0.5) is 0 Å². The van der Waals surface area contributed by atoms with Crippen molar-refractivity contribution in [2.24, 2.45) is 5.92 Å². The lowest BCUT2D eigenvalue weighted by Crippen LogP contribution is -2.49. The van der Waals surface area contributed by atoms with Gasteiger partial charge in [-0.15, -0.1) is 0 Å². The highest BCUT2D eigenvalue weighted by molar-refractivity contribution is 5.72. The fourth-order valence-corrected chi connectivity index (χ4v) is 4.56. The van der Waals surface area contributed by atoms with Crippen molar-refractivity contribution >= 4 is 5.91 Å². The third kappa shape index (κ3) is 5.79. The molecule has 2 heterocycles. The maximum atomic E-state index is 11.1. The average Bonchev–Trinajstić information content (AvgIpc) is 2.64. The Balaban J connectivity index is 1.46. The van der Waals surface area contributed by atoms with E-state index in [1.807, 2.05) is 0 Å². The Morgan fingerprint density at radius 2 is 1.96 bits per heavy atom. The van der Waals surface area contributed by atoms with Crippen LogP contribution in [0.1, 0.15) is 69.9 Å². The minimum atomic E-state index is 0.0755. The number of hydrogen-bond donors (Lipinski definition) is 1. The molecule has 1 atom stereocenters. The van der Waals surface area contributed by atoms with Gasteiger partial charge < -0.3 is 10.1 Å². The van der Waals surface area contributed by atoms with Crippen LogP contribution in [0, 0.1) is 5.92 Å². The quantitative estimate of drug-likeness (QED) is 0.817. The number of benzene rings is 1. The number of nitrogens with one attached hydrogen (secondary N) is 1. The lowest BCUT2D eigenvalue weighted by molar-refractivity contribution is -0.129. The second kappa shape index (κ2) is 9.20. The van der Waals surface area contributed by atoms with Gasteiger partial charge in [0.2, 0.25) is 5.91 Å². The van der Waals surface area contributed by atoms with Crippen molar-refractivity contribution in [2.75, 3.05) is 26.2 Å². The molecular formula is C23H36N2O2. The molecule has 1 N–H and O–H groups in total. The monoisotopic (exact) mass is 372 g/mol. The first-order chi connectivity index (χ1) is 13.0. The molecule has 1 aromatic rings. The summed E-state index contributed by atoms with van der Waals surface area (Å²) in [5, 5.41) is 2.94. The molecule has 4 heteroatoms. The second-order valence-electron chi connectivity index (χ2n) is 8.83. The zero-order valence-electron chi connectivity index (χ0n) is 17.3. The summed E-state index contributed by atoms with van der Waals surface area (Å²) in [6, 6.07) is 9.12. The fourth-order valence-electron chi connectivity index (χ4n) is 4.56. The predicted octanol–water partition coefficient (Wildman–Crippen LogP) is 4.10. The third-order valence-corrected chi connectivity index (χ3v) is 6.34. The van der Waals surface area contributed by atoms with Gasteiger partial charge >= 0.3 is 0 Å². The van der Waals surface area contributed by atoms with E-state index in [4.69, 9.17) is 4.74 Å². The van der Waals surface area contributed by atoms with Gasteiger partial charge in [0.15, 0.2) is 0 Å². The Bertz CT molecular complexity index is 603. The van der Waals surface area contributed by atoms with Gasteiger partial charge in [0.25, 0.3) is 0 Å². The Kier molecular flexibility index (Phi) is 6.93. The smallest absolute Gasteiger partial charge is 0.216 e. The molecule has 2 fully saturated rings. The first-order valence-corrected chi connectivity index (χ1v) is 10.7. The van der Waals surface area contributed by atoms with Crippen LogP contribution in [-0.4, -0.2) is 42.6 Å². The molecule has 0 aromatic heterocycles. The summed E-state index contributed by atoms with van der Waals surface area (Å²) in [7, 11) is 0. The third-order valence-electron chi connectivity index (χ3n) is 6.34. The number of ether oxygens (including phenoxy) is 1. The van der Waals surface area contributed by atoms with Gasteiger partial charge in [-0.1, -0.05) is 38.1 Å². The maximum absolute atomic E-state index is 11.1. The maximum Gasteiger partial charge on any atom is 0.216 e.